The van der Waals surface area contributed by atoms with Gasteiger partial charge in [0, 0.05) is 0 Å². The predicted molar refractivity (Wildman–Crippen MR) is 52.1 cm³/mol. The van der Waals surface area contributed by atoms with Gasteiger partial charge < -0.3 is 0 Å². The average molecular weight is 158 g/mol. The van der Waals surface area contributed by atoms with Crippen LogP contribution in [0.25, 0.3) is 0 Å². The first-order valence-electron chi connectivity index (χ1n) is 4.57. The van der Waals surface area contributed by atoms with Crippen LogP contribution in [0.5, 0.6) is 0 Å². The lowest BCUT2D eigenvalue weighted by Gasteiger charge is -1.96. The Kier molecular flexibility index (Phi) is 1.99. The minimum atomic E-state index is 0.823. The Morgan fingerprint density at radius 3 is 2.75 bits per heavy atom. The summed E-state index contributed by atoms with van der Waals surface area (Å²) in [6.07, 6.45) is 4.57. The molecule has 0 aromatic heterocycles. The van der Waals surface area contributed by atoms with Gasteiger partial charge in [0.15, 0.2) is 0 Å². The predicted octanol–water partition coefficient (Wildman–Crippen LogP) is 3.37. The summed E-state index contributed by atoms with van der Waals surface area (Å²) in [5.74, 6) is 1.70. The molecule has 0 N–H and O–H groups in total. The van der Waals surface area contributed by atoms with E-state index < -0.39 is 0 Å². The van der Waals surface area contributed by atoms with Crippen LogP contribution in [0.15, 0.2) is 43.0 Å². The molecule has 12 heavy (non-hydrogen) atoms. The second kappa shape index (κ2) is 3.14. The highest BCUT2D eigenvalue weighted by atomic mass is 14.4. The molecule has 2 rings (SSSR count). The zero-order valence-corrected chi connectivity index (χ0v) is 7.24. The van der Waals surface area contributed by atoms with Crippen molar-refractivity contribution >= 4 is 0 Å². The van der Waals surface area contributed by atoms with Crippen molar-refractivity contribution in [2.75, 3.05) is 0 Å². The van der Waals surface area contributed by atoms with Crippen LogP contribution in [0.2, 0.25) is 0 Å². The van der Waals surface area contributed by atoms with Gasteiger partial charge in [-0.2, -0.15) is 0 Å². The van der Waals surface area contributed by atoms with Gasteiger partial charge in [-0.25, -0.2) is 0 Å². The average Bonchev–Trinajstić information content (AvgIpc) is 2.87. The molecule has 1 aromatic rings. The number of hydrogen-bond donors (Lipinski definition) is 0. The minimum Gasteiger partial charge on any atom is -0.103 e. The Balaban J connectivity index is 2.01. The van der Waals surface area contributed by atoms with E-state index in [1.165, 1.54) is 18.4 Å². The molecule has 1 fully saturated rings. The second-order valence-corrected chi connectivity index (χ2v) is 3.54. The first kappa shape index (κ1) is 7.60. The van der Waals surface area contributed by atoms with Gasteiger partial charge in [-0.05, 0) is 30.2 Å². The van der Waals surface area contributed by atoms with Crippen molar-refractivity contribution in [3.8, 4) is 0 Å². The van der Waals surface area contributed by atoms with Crippen LogP contribution in [-0.4, -0.2) is 0 Å². The van der Waals surface area contributed by atoms with Crippen molar-refractivity contribution in [3.63, 3.8) is 0 Å². The molecule has 1 aliphatic carbocycles. The van der Waals surface area contributed by atoms with Crippen LogP contribution in [0.3, 0.4) is 0 Å². The van der Waals surface area contributed by atoms with Crippen molar-refractivity contribution in [3.05, 3.63) is 48.6 Å². The van der Waals surface area contributed by atoms with Gasteiger partial charge in [0.05, 0.1) is 0 Å². The fraction of sp³-hybridized carbons (Fsp3) is 0.333. The summed E-state index contributed by atoms with van der Waals surface area (Å²) in [7, 11) is 0. The topological polar surface area (TPSA) is 0 Å². The summed E-state index contributed by atoms with van der Waals surface area (Å²) in [6, 6.07) is 10.8. The molecule has 1 unspecified atom stereocenters. The van der Waals surface area contributed by atoms with Gasteiger partial charge in [0.2, 0.25) is 0 Å². The maximum Gasteiger partial charge on any atom is -0.0127 e. The maximum absolute atomic E-state index is 3.77. The largest absolute Gasteiger partial charge is 0.103 e. The van der Waals surface area contributed by atoms with Gasteiger partial charge in [0.1, 0.15) is 0 Å². The molecular weight excluding hydrogens is 144 g/mol. The van der Waals surface area contributed by atoms with E-state index >= 15 is 0 Å². The molecule has 0 bridgehead atoms. The highest BCUT2D eigenvalue weighted by Crippen LogP contribution is 2.49. The minimum absolute atomic E-state index is 0.823. The maximum atomic E-state index is 3.77. The molecule has 0 heteroatoms. The fourth-order valence-electron chi connectivity index (χ4n) is 1.83. The quantitative estimate of drug-likeness (QED) is 0.592. The van der Waals surface area contributed by atoms with E-state index in [9.17, 15) is 0 Å². The van der Waals surface area contributed by atoms with E-state index in [4.69, 9.17) is 0 Å². The molecule has 0 amide bonds. The molecule has 0 radical (unpaired) electrons. The van der Waals surface area contributed by atoms with Crippen molar-refractivity contribution in [2.45, 2.75) is 18.8 Å². The van der Waals surface area contributed by atoms with Crippen molar-refractivity contribution < 1.29 is 0 Å². The van der Waals surface area contributed by atoms with Crippen molar-refractivity contribution in [1.82, 2.24) is 0 Å². The van der Waals surface area contributed by atoms with E-state index in [0.717, 1.165) is 11.8 Å². The Morgan fingerprint density at radius 1 is 1.33 bits per heavy atom. The van der Waals surface area contributed by atoms with Crippen LogP contribution in [0.1, 0.15) is 24.3 Å². The van der Waals surface area contributed by atoms with E-state index in [1.807, 2.05) is 6.08 Å². The molecule has 2 atom stereocenters. The SMILES string of the molecule is C=CCC1C[C@@H]1c1ccccc1. The van der Waals surface area contributed by atoms with Crippen LogP contribution in [-0.2, 0) is 0 Å². The highest BCUT2D eigenvalue weighted by Gasteiger charge is 2.36. The number of benzene rings is 1. The van der Waals surface area contributed by atoms with E-state index in [-0.39, 0.29) is 0 Å². The second-order valence-electron chi connectivity index (χ2n) is 3.54. The van der Waals surface area contributed by atoms with Gasteiger partial charge >= 0.3 is 0 Å². The Labute approximate surface area is 73.9 Å². The van der Waals surface area contributed by atoms with Gasteiger partial charge in [0.25, 0.3) is 0 Å². The summed E-state index contributed by atoms with van der Waals surface area (Å²) in [4.78, 5) is 0. The number of hydrogen-bond acceptors (Lipinski definition) is 0. The summed E-state index contributed by atoms with van der Waals surface area (Å²) < 4.78 is 0. The first-order chi connectivity index (χ1) is 5.92. The lowest BCUT2D eigenvalue weighted by Crippen LogP contribution is -1.80. The molecule has 0 spiro atoms. The van der Waals surface area contributed by atoms with Crippen LogP contribution < -0.4 is 0 Å². The zero-order valence-electron chi connectivity index (χ0n) is 7.24. The summed E-state index contributed by atoms with van der Waals surface area (Å²) >= 11 is 0. The standard InChI is InChI=1S/C12H14/c1-2-6-11-9-12(11)10-7-4-3-5-8-10/h2-5,7-8,11-12H,1,6,9H2/t11?,12-/m1/s1. The van der Waals surface area contributed by atoms with Gasteiger partial charge in [-0.3, -0.25) is 0 Å². The monoisotopic (exact) mass is 158 g/mol. The van der Waals surface area contributed by atoms with Crippen LogP contribution in [0, 0.1) is 5.92 Å². The molecule has 0 saturated heterocycles. The van der Waals surface area contributed by atoms with E-state index in [1.54, 1.807) is 0 Å². The Hall–Kier alpha value is -1.04. The molecule has 62 valence electrons. The first-order valence-corrected chi connectivity index (χ1v) is 4.57. The van der Waals surface area contributed by atoms with Crippen LogP contribution in [0.4, 0.5) is 0 Å². The van der Waals surface area contributed by atoms with Gasteiger partial charge in [-0.1, -0.05) is 36.4 Å². The smallest absolute Gasteiger partial charge is 0.0127 e. The molecule has 1 aliphatic rings. The molecule has 0 nitrogen and oxygen atoms in total. The van der Waals surface area contributed by atoms with Crippen molar-refractivity contribution in [1.29, 1.82) is 0 Å². The number of allylic oxidation sites excluding steroid dienone is 1. The third-order valence-corrected chi connectivity index (χ3v) is 2.62. The fourth-order valence-corrected chi connectivity index (χ4v) is 1.83. The Bertz CT molecular complexity index is 261. The molecule has 1 saturated carbocycles. The van der Waals surface area contributed by atoms with Crippen molar-refractivity contribution in [2.24, 2.45) is 5.92 Å². The molecule has 0 heterocycles. The summed E-state index contributed by atoms with van der Waals surface area (Å²) in [6.45, 7) is 3.77. The normalized spacial score (nSPS) is 26.7. The van der Waals surface area contributed by atoms with Crippen LogP contribution >= 0.6 is 0 Å². The van der Waals surface area contributed by atoms with E-state index in [2.05, 4.69) is 36.9 Å². The third kappa shape index (κ3) is 1.42. The highest BCUT2D eigenvalue weighted by molar-refractivity contribution is 5.25. The van der Waals surface area contributed by atoms with Gasteiger partial charge in [-0.15, -0.1) is 6.58 Å². The lowest BCUT2D eigenvalue weighted by atomic mass is 10.1. The molecule has 1 aromatic carbocycles. The Morgan fingerprint density at radius 2 is 2.08 bits per heavy atom. The zero-order chi connectivity index (χ0) is 8.39. The summed E-state index contributed by atoms with van der Waals surface area (Å²) in [5, 5.41) is 0. The third-order valence-electron chi connectivity index (χ3n) is 2.62. The molecular formula is C12H14. The molecule has 0 aliphatic heterocycles. The lowest BCUT2D eigenvalue weighted by molar-refractivity contribution is 0.821. The summed E-state index contributed by atoms with van der Waals surface area (Å²) in [5.41, 5.74) is 1.50. The number of rotatable bonds is 3. The van der Waals surface area contributed by atoms with E-state index in [0.29, 0.717) is 0 Å².